The molecule has 2 amide bonds. The van der Waals surface area contributed by atoms with Crippen LogP contribution in [0.3, 0.4) is 0 Å². The van der Waals surface area contributed by atoms with E-state index in [0.717, 1.165) is 41.2 Å². The van der Waals surface area contributed by atoms with E-state index < -0.39 is 23.4 Å². The van der Waals surface area contributed by atoms with Crippen LogP contribution in [0.15, 0.2) is 29.2 Å². The Morgan fingerprint density at radius 2 is 2.15 bits per heavy atom. The first-order chi connectivity index (χ1) is 12.9. The Morgan fingerprint density at radius 3 is 2.74 bits per heavy atom. The number of nitrogens with one attached hydrogen (secondary N) is 1. The van der Waals surface area contributed by atoms with Crippen LogP contribution >= 0.6 is 11.3 Å². The summed E-state index contributed by atoms with van der Waals surface area (Å²) < 4.78 is 27.2. The molecule has 0 spiro atoms. The van der Waals surface area contributed by atoms with Gasteiger partial charge in [-0.2, -0.15) is 5.26 Å². The number of rotatable bonds is 5. The minimum atomic E-state index is -0.904. The molecule has 0 saturated heterocycles. The van der Waals surface area contributed by atoms with Gasteiger partial charge in [-0.1, -0.05) is 0 Å². The molecule has 0 aliphatic heterocycles. The highest BCUT2D eigenvalue weighted by atomic mass is 32.1. The smallest absolute Gasteiger partial charge is 0.262 e. The highest BCUT2D eigenvalue weighted by Gasteiger charge is 2.25. The average Bonchev–Trinajstić information content (AvgIpc) is 3.30. The minimum Gasteiger partial charge on any atom is -0.349 e. The lowest BCUT2D eigenvalue weighted by Crippen LogP contribution is -2.26. The van der Waals surface area contributed by atoms with Crippen molar-refractivity contribution in [1.82, 2.24) is 10.3 Å². The molecule has 0 radical (unpaired) electrons. The standard InChI is InChI=1S/C18H14F2N4O2S/c1-10(25)24(16-5-2-12(19)7-15(16)20)18-23-14(9-27-18)6-11(8-21)17(26)22-13-3-4-13/h2,5-7,9,13H,3-4H2,1H3,(H,22,26)/b11-6+. The minimum absolute atomic E-state index is 0.106. The van der Waals surface area contributed by atoms with Crippen molar-refractivity contribution in [1.29, 1.82) is 5.26 Å². The van der Waals surface area contributed by atoms with Crippen molar-refractivity contribution in [3.05, 3.63) is 46.5 Å². The second kappa shape index (κ2) is 7.63. The van der Waals surface area contributed by atoms with E-state index in [4.69, 9.17) is 0 Å². The number of nitrogens with zero attached hydrogens (tertiary/aromatic N) is 3. The third kappa shape index (κ3) is 4.35. The van der Waals surface area contributed by atoms with Crippen LogP contribution < -0.4 is 10.2 Å². The lowest BCUT2D eigenvalue weighted by Gasteiger charge is -2.18. The zero-order chi connectivity index (χ0) is 19.6. The summed E-state index contributed by atoms with van der Waals surface area (Å²) in [6.07, 6.45) is 3.08. The predicted molar refractivity (Wildman–Crippen MR) is 96.0 cm³/mol. The summed E-state index contributed by atoms with van der Waals surface area (Å²) in [7, 11) is 0. The van der Waals surface area contributed by atoms with E-state index in [0.29, 0.717) is 6.07 Å². The van der Waals surface area contributed by atoms with Crippen LogP contribution in [0, 0.1) is 23.0 Å². The number of nitriles is 1. The van der Waals surface area contributed by atoms with E-state index in [9.17, 15) is 23.6 Å². The summed E-state index contributed by atoms with van der Waals surface area (Å²) in [6.45, 7) is 1.23. The zero-order valence-corrected chi connectivity index (χ0v) is 15.0. The quantitative estimate of drug-likeness (QED) is 0.629. The van der Waals surface area contributed by atoms with Gasteiger partial charge in [-0.25, -0.2) is 13.8 Å². The van der Waals surface area contributed by atoms with Gasteiger partial charge in [0.05, 0.1) is 11.4 Å². The van der Waals surface area contributed by atoms with Gasteiger partial charge in [0.2, 0.25) is 5.91 Å². The molecule has 1 heterocycles. The van der Waals surface area contributed by atoms with Crippen LogP contribution in [0.1, 0.15) is 25.5 Å². The Bertz CT molecular complexity index is 976. The number of aromatic nitrogens is 1. The van der Waals surface area contributed by atoms with Gasteiger partial charge in [-0.15, -0.1) is 11.3 Å². The first-order valence-corrected chi connectivity index (χ1v) is 8.91. The lowest BCUT2D eigenvalue weighted by atomic mass is 10.2. The second-order valence-electron chi connectivity index (χ2n) is 5.92. The van der Waals surface area contributed by atoms with Crippen LogP contribution in [-0.4, -0.2) is 22.8 Å². The molecule has 1 fully saturated rings. The van der Waals surface area contributed by atoms with Crippen LogP contribution in [-0.2, 0) is 9.59 Å². The number of amides is 2. The fourth-order valence-corrected chi connectivity index (χ4v) is 3.14. The van der Waals surface area contributed by atoms with Gasteiger partial charge >= 0.3 is 0 Å². The van der Waals surface area contributed by atoms with Crippen molar-refractivity contribution < 1.29 is 18.4 Å². The molecule has 1 N–H and O–H groups in total. The molecule has 1 aromatic heterocycles. The largest absolute Gasteiger partial charge is 0.349 e. The molecular formula is C18H14F2N4O2S. The van der Waals surface area contributed by atoms with Gasteiger partial charge in [-0.05, 0) is 31.1 Å². The van der Waals surface area contributed by atoms with E-state index in [1.807, 2.05) is 6.07 Å². The zero-order valence-electron chi connectivity index (χ0n) is 14.2. The predicted octanol–water partition coefficient (Wildman–Crippen LogP) is 3.29. The van der Waals surface area contributed by atoms with E-state index in [1.165, 1.54) is 18.4 Å². The lowest BCUT2D eigenvalue weighted by molar-refractivity contribution is -0.117. The summed E-state index contributed by atoms with van der Waals surface area (Å²) in [5.74, 6) is -2.67. The van der Waals surface area contributed by atoms with Crippen LogP contribution in [0.5, 0.6) is 0 Å². The molecule has 9 heteroatoms. The second-order valence-corrected chi connectivity index (χ2v) is 6.76. The molecule has 1 aliphatic carbocycles. The molecule has 6 nitrogen and oxygen atoms in total. The number of hydrogen-bond donors (Lipinski definition) is 1. The van der Waals surface area contributed by atoms with Crippen LogP contribution in [0.2, 0.25) is 0 Å². The van der Waals surface area contributed by atoms with E-state index in [-0.39, 0.29) is 28.1 Å². The fourth-order valence-electron chi connectivity index (χ4n) is 2.30. The van der Waals surface area contributed by atoms with Gasteiger partial charge in [0, 0.05) is 24.4 Å². The van der Waals surface area contributed by atoms with E-state index in [2.05, 4.69) is 10.3 Å². The highest BCUT2D eigenvalue weighted by Crippen LogP contribution is 2.31. The maximum Gasteiger partial charge on any atom is 0.262 e. The molecule has 1 saturated carbocycles. The molecule has 138 valence electrons. The Balaban J connectivity index is 1.89. The first-order valence-electron chi connectivity index (χ1n) is 8.03. The van der Waals surface area contributed by atoms with Crippen LogP contribution in [0.25, 0.3) is 6.08 Å². The average molecular weight is 388 g/mol. The summed E-state index contributed by atoms with van der Waals surface area (Å²) in [4.78, 5) is 29.2. The van der Waals surface area contributed by atoms with Gasteiger partial charge in [-0.3, -0.25) is 14.5 Å². The Kier molecular flexibility index (Phi) is 5.28. The van der Waals surface area contributed by atoms with Gasteiger partial charge in [0.15, 0.2) is 5.13 Å². The SMILES string of the molecule is CC(=O)N(c1nc(/C=C(\C#N)C(=O)NC2CC2)cs1)c1ccc(F)cc1F. The van der Waals surface area contributed by atoms with Crippen LogP contribution in [0.4, 0.5) is 19.6 Å². The molecule has 1 aliphatic rings. The molecule has 2 aromatic rings. The van der Waals surface area contributed by atoms with Gasteiger partial charge in [0.25, 0.3) is 5.91 Å². The summed E-state index contributed by atoms with van der Waals surface area (Å²) in [5.41, 5.74) is 0.0353. The van der Waals surface area contributed by atoms with Crippen molar-refractivity contribution in [2.24, 2.45) is 0 Å². The third-order valence-corrected chi connectivity index (χ3v) is 4.58. The molecule has 0 unspecified atom stereocenters. The van der Waals surface area contributed by atoms with Crippen molar-refractivity contribution in [3.8, 4) is 6.07 Å². The number of carbonyl (C=O) groups is 2. The van der Waals surface area contributed by atoms with Crippen molar-refractivity contribution in [2.75, 3.05) is 4.90 Å². The number of thiazole rings is 1. The number of halogens is 2. The first kappa shape index (κ1) is 18.7. The maximum atomic E-state index is 14.1. The van der Waals surface area contributed by atoms with Crippen molar-refractivity contribution >= 4 is 40.0 Å². The summed E-state index contributed by atoms with van der Waals surface area (Å²) in [5, 5.41) is 13.6. The fraction of sp³-hybridized carbons (Fsp3) is 0.222. The molecule has 1 aromatic carbocycles. The third-order valence-electron chi connectivity index (χ3n) is 3.74. The Morgan fingerprint density at radius 1 is 1.41 bits per heavy atom. The topological polar surface area (TPSA) is 86.1 Å². The van der Waals surface area contributed by atoms with E-state index >= 15 is 0 Å². The monoisotopic (exact) mass is 388 g/mol. The Hall–Kier alpha value is -3.12. The number of carbonyl (C=O) groups excluding carboxylic acids is 2. The maximum absolute atomic E-state index is 14.1. The van der Waals surface area contributed by atoms with Gasteiger partial charge in [0.1, 0.15) is 23.3 Å². The molecule has 0 atom stereocenters. The van der Waals surface area contributed by atoms with Crippen molar-refractivity contribution in [2.45, 2.75) is 25.8 Å². The number of anilines is 2. The highest BCUT2D eigenvalue weighted by molar-refractivity contribution is 7.14. The van der Waals surface area contributed by atoms with E-state index in [1.54, 1.807) is 0 Å². The molecule has 0 bridgehead atoms. The molecule has 27 heavy (non-hydrogen) atoms. The summed E-state index contributed by atoms with van der Waals surface area (Å²) in [6, 6.07) is 4.79. The molecule has 3 rings (SSSR count). The number of hydrogen-bond acceptors (Lipinski definition) is 5. The Labute approximate surface area is 157 Å². The number of benzene rings is 1. The summed E-state index contributed by atoms with van der Waals surface area (Å²) >= 11 is 1.03. The normalized spacial score (nSPS) is 13.8. The molecular weight excluding hydrogens is 374 g/mol. The van der Waals surface area contributed by atoms with Crippen molar-refractivity contribution in [3.63, 3.8) is 0 Å². The van der Waals surface area contributed by atoms with Gasteiger partial charge < -0.3 is 5.32 Å².